The van der Waals surface area contributed by atoms with E-state index in [-0.39, 0.29) is 22.3 Å². The number of carbonyl (C=O) groups is 1. The number of carbonyl (C=O) groups excluding carboxylic acids is 1. The third-order valence-electron chi connectivity index (χ3n) is 6.88. The molecule has 33 heavy (non-hydrogen) atoms. The van der Waals surface area contributed by atoms with Crippen LogP contribution in [0.25, 0.3) is 0 Å². The van der Waals surface area contributed by atoms with Crippen molar-refractivity contribution in [3.8, 4) is 5.75 Å². The van der Waals surface area contributed by atoms with E-state index in [1.54, 1.807) is 6.26 Å². The average molecular weight is 479 g/mol. The van der Waals surface area contributed by atoms with E-state index >= 15 is 0 Å². The quantitative estimate of drug-likeness (QED) is 0.559. The Kier molecular flexibility index (Phi) is 6.96. The third-order valence-corrected chi connectivity index (χ3v) is 7.65. The second-order valence-corrected chi connectivity index (χ2v) is 9.54. The van der Waals surface area contributed by atoms with E-state index in [1.165, 1.54) is 7.11 Å². The van der Waals surface area contributed by atoms with Crippen LogP contribution in [0.1, 0.15) is 53.6 Å². The van der Waals surface area contributed by atoms with Gasteiger partial charge in [0.2, 0.25) is 0 Å². The average Bonchev–Trinajstić information content (AvgIpc) is 2.83. The van der Waals surface area contributed by atoms with Crippen LogP contribution in [0.3, 0.4) is 0 Å². The fourth-order valence-corrected chi connectivity index (χ4v) is 6.04. The van der Waals surface area contributed by atoms with Crippen molar-refractivity contribution in [2.75, 3.05) is 26.5 Å². The molecular weight excluding hydrogens is 449 g/mol. The van der Waals surface area contributed by atoms with Crippen LogP contribution in [0.5, 0.6) is 5.75 Å². The van der Waals surface area contributed by atoms with Crippen molar-refractivity contribution in [3.63, 3.8) is 0 Å². The second-order valence-electron chi connectivity index (χ2n) is 8.70. The van der Waals surface area contributed by atoms with E-state index in [0.717, 1.165) is 74.7 Å². The van der Waals surface area contributed by atoms with Gasteiger partial charge in [-0.3, -0.25) is 9.69 Å². The molecule has 2 aliphatic rings. The Morgan fingerprint density at radius 2 is 1.88 bits per heavy atom. The van der Waals surface area contributed by atoms with Crippen molar-refractivity contribution in [1.29, 1.82) is 0 Å². The Bertz CT molecular complexity index is 972. The van der Waals surface area contributed by atoms with Crippen molar-refractivity contribution in [2.45, 2.75) is 54.8 Å². The number of alkyl halides is 3. The second kappa shape index (κ2) is 9.58. The number of fused-ring (bicyclic) bond motifs is 1. The lowest BCUT2D eigenvalue weighted by Gasteiger charge is -2.53. The Balaban J connectivity index is 1.79. The number of benzene rings is 2. The molecule has 0 aliphatic carbocycles. The summed E-state index contributed by atoms with van der Waals surface area (Å²) in [6.07, 6.45) is 2.05. The lowest BCUT2D eigenvalue weighted by Crippen LogP contribution is -2.64. The molecule has 178 valence electrons. The fraction of sp³-hybridized carbons (Fsp3) is 0.480. The highest BCUT2D eigenvalue weighted by Gasteiger charge is 2.48. The van der Waals surface area contributed by atoms with Crippen molar-refractivity contribution >= 4 is 17.7 Å². The van der Waals surface area contributed by atoms with Gasteiger partial charge < -0.3 is 10.1 Å². The van der Waals surface area contributed by atoms with Crippen LogP contribution in [0.2, 0.25) is 0 Å². The molecule has 2 unspecified atom stereocenters. The number of ether oxygens (including phenoxy) is 1. The van der Waals surface area contributed by atoms with E-state index in [2.05, 4.69) is 10.2 Å². The number of thioether (sulfide) groups is 1. The van der Waals surface area contributed by atoms with Gasteiger partial charge in [-0.1, -0.05) is 36.8 Å². The molecule has 0 saturated carbocycles. The molecule has 0 bridgehead atoms. The number of hydrogen-bond acceptors (Lipinski definition) is 4. The van der Waals surface area contributed by atoms with Gasteiger partial charge in [-0.25, -0.2) is 0 Å². The highest BCUT2D eigenvalue weighted by atomic mass is 32.2. The Hall–Kier alpha value is -2.19. The summed E-state index contributed by atoms with van der Waals surface area (Å²) < 4.78 is 45.6. The lowest BCUT2D eigenvalue weighted by molar-refractivity contribution is -0.137. The number of nitrogens with one attached hydrogen (secondary N) is 1. The molecule has 0 aromatic heterocycles. The van der Waals surface area contributed by atoms with Gasteiger partial charge in [0.15, 0.2) is 0 Å². The molecule has 2 aromatic rings. The summed E-state index contributed by atoms with van der Waals surface area (Å²) in [5.41, 5.74) is -0.248. The van der Waals surface area contributed by atoms with Gasteiger partial charge in [0.25, 0.3) is 5.91 Å². The molecular formula is C25H29F3N2O2S. The molecule has 0 radical (unpaired) electrons. The molecule has 1 amide bonds. The van der Waals surface area contributed by atoms with Gasteiger partial charge in [0.1, 0.15) is 5.75 Å². The van der Waals surface area contributed by atoms with Crippen LogP contribution >= 0.6 is 11.8 Å². The predicted molar refractivity (Wildman–Crippen MR) is 124 cm³/mol. The summed E-state index contributed by atoms with van der Waals surface area (Å²) >= 11 is 1.11. The molecule has 2 aromatic carbocycles. The SMILES string of the molecule is COc1cc(C(F)(F)F)cc(SC)c1C(=O)NC1(c2ccccc2)CCCN2CCCCC21. The Morgan fingerprint density at radius 3 is 2.55 bits per heavy atom. The molecule has 4 rings (SSSR count). The van der Waals surface area contributed by atoms with E-state index in [0.29, 0.717) is 0 Å². The van der Waals surface area contributed by atoms with Crippen LogP contribution in [0.4, 0.5) is 13.2 Å². The Labute approximate surface area is 196 Å². The van der Waals surface area contributed by atoms with E-state index in [1.807, 2.05) is 30.3 Å². The molecule has 2 aliphatic heterocycles. The maximum absolute atomic E-state index is 13.8. The fourth-order valence-electron chi connectivity index (χ4n) is 5.40. The highest BCUT2D eigenvalue weighted by Crippen LogP contribution is 2.43. The molecule has 8 heteroatoms. The standard InChI is InChI=1S/C25H29F3N2O2S/c1-32-19-15-18(25(26,27)28)16-20(33-2)22(19)23(31)29-24(17-9-4-3-5-10-17)12-8-14-30-13-7-6-11-21(24)30/h3-5,9-10,15-16,21H,6-8,11-14H2,1-2H3,(H,29,31). The van der Waals surface area contributed by atoms with Crippen molar-refractivity contribution in [1.82, 2.24) is 10.2 Å². The van der Waals surface area contributed by atoms with Crippen LogP contribution in [0.15, 0.2) is 47.4 Å². The number of halogens is 3. The molecule has 1 N–H and O–H groups in total. The highest BCUT2D eigenvalue weighted by molar-refractivity contribution is 7.98. The summed E-state index contributed by atoms with van der Waals surface area (Å²) in [5.74, 6) is -0.465. The Morgan fingerprint density at radius 1 is 1.15 bits per heavy atom. The van der Waals surface area contributed by atoms with Gasteiger partial charge in [0.05, 0.1) is 23.8 Å². The molecule has 0 spiro atoms. The van der Waals surface area contributed by atoms with E-state index in [4.69, 9.17) is 4.74 Å². The number of hydrogen-bond donors (Lipinski definition) is 1. The summed E-state index contributed by atoms with van der Waals surface area (Å²) in [6, 6.07) is 12.1. The normalized spacial score (nSPS) is 23.6. The summed E-state index contributed by atoms with van der Waals surface area (Å²) in [4.78, 5) is 16.5. The smallest absolute Gasteiger partial charge is 0.416 e. The summed E-state index contributed by atoms with van der Waals surface area (Å²) in [7, 11) is 1.30. The lowest BCUT2D eigenvalue weighted by atomic mass is 9.72. The van der Waals surface area contributed by atoms with Crippen LogP contribution in [-0.4, -0.2) is 43.3 Å². The first kappa shape index (κ1) is 24.0. The largest absolute Gasteiger partial charge is 0.496 e. The monoisotopic (exact) mass is 478 g/mol. The van der Waals surface area contributed by atoms with Gasteiger partial charge in [-0.15, -0.1) is 11.8 Å². The number of methoxy groups -OCH3 is 1. The van der Waals surface area contributed by atoms with Crippen LogP contribution in [-0.2, 0) is 11.7 Å². The zero-order chi connectivity index (χ0) is 23.6. The maximum atomic E-state index is 13.8. The van der Waals surface area contributed by atoms with Crippen LogP contribution in [0, 0.1) is 0 Å². The number of amides is 1. The molecule has 2 atom stereocenters. The van der Waals surface area contributed by atoms with Crippen molar-refractivity contribution in [2.24, 2.45) is 0 Å². The molecule has 2 heterocycles. The minimum atomic E-state index is -4.52. The zero-order valence-corrected chi connectivity index (χ0v) is 19.7. The van der Waals surface area contributed by atoms with Gasteiger partial charge in [-0.05, 0) is 62.7 Å². The number of nitrogens with zero attached hydrogens (tertiary/aromatic N) is 1. The predicted octanol–water partition coefficient (Wildman–Crippen LogP) is 5.71. The topological polar surface area (TPSA) is 41.6 Å². The number of rotatable bonds is 5. The van der Waals surface area contributed by atoms with E-state index in [9.17, 15) is 18.0 Å². The van der Waals surface area contributed by atoms with Crippen molar-refractivity contribution < 1.29 is 22.7 Å². The molecule has 4 nitrogen and oxygen atoms in total. The summed E-state index contributed by atoms with van der Waals surface area (Å²) in [5, 5.41) is 3.32. The molecule has 2 fully saturated rings. The first-order valence-electron chi connectivity index (χ1n) is 11.3. The number of piperidine rings is 2. The first-order chi connectivity index (χ1) is 15.8. The van der Waals surface area contributed by atoms with E-state index < -0.39 is 23.2 Å². The van der Waals surface area contributed by atoms with Crippen molar-refractivity contribution in [3.05, 3.63) is 59.2 Å². The van der Waals surface area contributed by atoms with Crippen LogP contribution < -0.4 is 10.1 Å². The minimum absolute atomic E-state index is 0.0637. The first-order valence-corrected chi connectivity index (χ1v) is 12.5. The molecule has 2 saturated heterocycles. The third kappa shape index (κ3) is 4.60. The van der Waals surface area contributed by atoms with Gasteiger partial charge in [-0.2, -0.15) is 13.2 Å². The minimum Gasteiger partial charge on any atom is -0.496 e. The van der Waals surface area contributed by atoms with Gasteiger partial charge in [0, 0.05) is 10.9 Å². The van der Waals surface area contributed by atoms with Gasteiger partial charge >= 0.3 is 6.18 Å². The maximum Gasteiger partial charge on any atom is 0.416 e. The summed E-state index contributed by atoms with van der Waals surface area (Å²) in [6.45, 7) is 1.99. The zero-order valence-electron chi connectivity index (χ0n) is 18.9.